The smallest absolute Gasteiger partial charge is 0.463 e. The second-order valence-electron chi connectivity index (χ2n) is 11.6. The van der Waals surface area contributed by atoms with Crippen LogP contribution >= 0.6 is 0 Å². The first-order valence-electron chi connectivity index (χ1n) is 15.7. The maximum atomic E-state index is 12.8. The molecule has 5 aliphatic rings. The molecule has 5 aliphatic heterocycles. The molecule has 5 saturated heterocycles. The van der Waals surface area contributed by atoms with Crippen LogP contribution in [0, 0.1) is 0 Å². The Hall–Kier alpha value is -4.75. The van der Waals surface area contributed by atoms with E-state index >= 15 is 0 Å². The average Bonchev–Trinajstić information content (AvgIpc) is 3.87. The molecule has 0 aromatic carbocycles. The van der Waals surface area contributed by atoms with Gasteiger partial charge in [0, 0.05) is 12.8 Å². The molecule has 0 radical (unpaired) electrons. The fourth-order valence-electron chi connectivity index (χ4n) is 5.66. The van der Waals surface area contributed by atoms with Crippen LogP contribution in [0.1, 0.15) is 52.4 Å². The lowest BCUT2D eigenvalue weighted by Crippen LogP contribution is -2.36. The zero-order chi connectivity index (χ0) is 35.1. The summed E-state index contributed by atoms with van der Waals surface area (Å²) in [5.41, 5.74) is 0. The number of rotatable bonds is 17. The lowest BCUT2D eigenvalue weighted by molar-refractivity contribution is -0.158. The first-order valence-corrected chi connectivity index (χ1v) is 15.7. The van der Waals surface area contributed by atoms with Gasteiger partial charge < -0.3 is 61.6 Å². The van der Waals surface area contributed by atoms with E-state index in [-0.39, 0.29) is 26.1 Å². The Morgan fingerprint density at radius 3 is 1.35 bits per heavy atom. The molecule has 0 amide bonds. The molecule has 0 aliphatic carbocycles. The Bertz CT molecular complexity index is 1190. The fraction of sp³-hybridized carbons (Fsp3) is 0.759. The Kier molecular flexibility index (Phi) is 11.7. The van der Waals surface area contributed by atoms with Crippen LogP contribution in [0.2, 0.25) is 0 Å². The molecule has 9 atom stereocenters. The summed E-state index contributed by atoms with van der Waals surface area (Å²) >= 11 is 0. The molecule has 20 nitrogen and oxygen atoms in total. The normalized spacial score (nSPS) is 32.3. The minimum Gasteiger partial charge on any atom is -0.463 e. The zero-order valence-electron chi connectivity index (χ0n) is 26.5. The van der Waals surface area contributed by atoms with E-state index in [2.05, 4.69) is 0 Å². The highest BCUT2D eigenvalue weighted by molar-refractivity contribution is 5.73. The molecule has 0 aromatic heterocycles. The van der Waals surface area contributed by atoms with Gasteiger partial charge in [0.1, 0.15) is 62.5 Å². The SMILES string of the molecule is CCC1OC(=O)OC1CC1OC(=O)OC1CC(=O)OCC(COC(=O)CC1OC(=O)OC1CC1OC(=O)OC1CC)OCC1COC(=O)O1. The summed E-state index contributed by atoms with van der Waals surface area (Å²) in [6, 6.07) is 0. The van der Waals surface area contributed by atoms with Gasteiger partial charge in [0.15, 0.2) is 18.3 Å². The van der Waals surface area contributed by atoms with Crippen LogP contribution in [0.5, 0.6) is 0 Å². The minimum atomic E-state index is -1.07. The van der Waals surface area contributed by atoms with Crippen molar-refractivity contribution < 1.29 is 95.1 Å². The molecule has 20 heteroatoms. The molecule has 5 heterocycles. The number of cyclic esters (lactones) is 10. The largest absolute Gasteiger partial charge is 0.509 e. The van der Waals surface area contributed by atoms with Crippen molar-refractivity contribution >= 4 is 42.7 Å². The monoisotopic (exact) mass is 704 g/mol. The van der Waals surface area contributed by atoms with Gasteiger partial charge in [-0.1, -0.05) is 13.8 Å². The number of esters is 2. The third kappa shape index (κ3) is 9.67. The number of carbonyl (C=O) groups is 7. The van der Waals surface area contributed by atoms with Crippen LogP contribution in [-0.2, 0) is 71.2 Å². The van der Waals surface area contributed by atoms with Crippen molar-refractivity contribution in [2.75, 3.05) is 26.4 Å². The van der Waals surface area contributed by atoms with E-state index in [1.807, 2.05) is 0 Å². The number of ether oxygens (including phenoxy) is 13. The molecule has 0 spiro atoms. The first-order chi connectivity index (χ1) is 23.5. The predicted molar refractivity (Wildman–Crippen MR) is 147 cm³/mol. The maximum Gasteiger partial charge on any atom is 0.509 e. The zero-order valence-corrected chi connectivity index (χ0v) is 26.5. The molecular formula is C29H36O20. The molecule has 49 heavy (non-hydrogen) atoms. The van der Waals surface area contributed by atoms with Crippen molar-refractivity contribution in [3.05, 3.63) is 0 Å². The van der Waals surface area contributed by atoms with Gasteiger partial charge in [0.25, 0.3) is 0 Å². The summed E-state index contributed by atoms with van der Waals surface area (Å²) in [6.07, 6.45) is -12.8. The van der Waals surface area contributed by atoms with Crippen molar-refractivity contribution in [1.29, 1.82) is 0 Å². The Morgan fingerprint density at radius 2 is 0.959 bits per heavy atom. The predicted octanol–water partition coefficient (Wildman–Crippen LogP) is 1.99. The summed E-state index contributed by atoms with van der Waals surface area (Å²) < 4.78 is 66.9. The van der Waals surface area contributed by atoms with Crippen molar-refractivity contribution in [3.8, 4) is 0 Å². The van der Waals surface area contributed by atoms with E-state index in [1.54, 1.807) is 13.8 Å². The van der Waals surface area contributed by atoms with Crippen molar-refractivity contribution in [2.24, 2.45) is 0 Å². The third-order valence-corrected chi connectivity index (χ3v) is 8.14. The minimum absolute atomic E-state index is 0.0266. The highest BCUT2D eigenvalue weighted by Gasteiger charge is 2.46. The van der Waals surface area contributed by atoms with Gasteiger partial charge in [-0.05, 0) is 12.8 Å². The van der Waals surface area contributed by atoms with Crippen LogP contribution in [0.3, 0.4) is 0 Å². The van der Waals surface area contributed by atoms with Gasteiger partial charge >= 0.3 is 42.7 Å². The molecule has 5 fully saturated rings. The third-order valence-electron chi connectivity index (χ3n) is 8.14. The second-order valence-corrected chi connectivity index (χ2v) is 11.6. The first kappa shape index (κ1) is 35.6. The molecule has 0 saturated carbocycles. The summed E-state index contributed by atoms with van der Waals surface area (Å²) in [5, 5.41) is 0. The highest BCUT2D eigenvalue weighted by atomic mass is 16.8. The van der Waals surface area contributed by atoms with Gasteiger partial charge in [-0.3, -0.25) is 9.59 Å². The standard InChI is InChI=1S/C29H36O20/c1-3-15-17(44-26(33)42-15)5-19-21(48-28(35)46-19)7-23(30)38-9-13(37-11-14-12-40-25(32)41-14)10-39-24(31)8-22-20(47-29(36)49-22)6-18-16(4-2)43-27(34)45-18/h13-22H,3-12H2,1-2H3. The lowest BCUT2D eigenvalue weighted by atomic mass is 10.00. The van der Waals surface area contributed by atoms with E-state index in [4.69, 9.17) is 61.6 Å². The van der Waals surface area contributed by atoms with Crippen LogP contribution in [0.25, 0.3) is 0 Å². The Labute approximate surface area is 278 Å². The number of carbonyl (C=O) groups excluding carboxylic acids is 7. The van der Waals surface area contributed by atoms with Crippen molar-refractivity contribution in [2.45, 2.75) is 113 Å². The summed E-state index contributed by atoms with van der Waals surface area (Å²) in [6.45, 7) is 2.40. The van der Waals surface area contributed by atoms with Gasteiger partial charge in [0.05, 0.1) is 19.4 Å². The molecular weight excluding hydrogens is 668 g/mol. The average molecular weight is 705 g/mol. The second kappa shape index (κ2) is 16.1. The lowest BCUT2D eigenvalue weighted by Gasteiger charge is -2.22. The van der Waals surface area contributed by atoms with Crippen LogP contribution in [0.4, 0.5) is 24.0 Å². The van der Waals surface area contributed by atoms with Gasteiger partial charge in [-0.25, -0.2) is 24.0 Å². The van der Waals surface area contributed by atoms with E-state index in [0.717, 1.165) is 0 Å². The fourth-order valence-corrected chi connectivity index (χ4v) is 5.66. The van der Waals surface area contributed by atoms with Crippen molar-refractivity contribution in [1.82, 2.24) is 0 Å². The summed E-state index contributed by atoms with van der Waals surface area (Å²) in [7, 11) is 0. The Morgan fingerprint density at radius 1 is 0.571 bits per heavy atom. The van der Waals surface area contributed by atoms with Crippen LogP contribution < -0.4 is 0 Å². The van der Waals surface area contributed by atoms with Crippen LogP contribution in [0.15, 0.2) is 0 Å². The number of hydrogen-bond acceptors (Lipinski definition) is 20. The molecule has 272 valence electrons. The highest BCUT2D eigenvalue weighted by Crippen LogP contribution is 2.30. The molecule has 9 unspecified atom stereocenters. The summed E-state index contributed by atoms with van der Waals surface area (Å²) in [4.78, 5) is 83.7. The van der Waals surface area contributed by atoms with Crippen molar-refractivity contribution in [3.63, 3.8) is 0 Å². The van der Waals surface area contributed by atoms with Crippen LogP contribution in [-0.4, -0.2) is 130 Å². The molecule has 0 bridgehead atoms. The Balaban J connectivity index is 1.11. The van der Waals surface area contributed by atoms with E-state index in [1.165, 1.54) is 0 Å². The number of hydrogen-bond donors (Lipinski definition) is 0. The molecule has 0 N–H and O–H groups in total. The summed E-state index contributed by atoms with van der Waals surface area (Å²) in [5.74, 6) is -1.65. The van der Waals surface area contributed by atoms with E-state index in [0.29, 0.717) is 12.8 Å². The van der Waals surface area contributed by atoms with E-state index < -0.39 is 130 Å². The quantitative estimate of drug-likeness (QED) is 0.155. The van der Waals surface area contributed by atoms with Gasteiger partial charge in [-0.2, -0.15) is 0 Å². The maximum absolute atomic E-state index is 12.8. The van der Waals surface area contributed by atoms with Gasteiger partial charge in [-0.15, -0.1) is 0 Å². The topological polar surface area (TPSA) is 239 Å². The molecule has 5 rings (SSSR count). The van der Waals surface area contributed by atoms with Gasteiger partial charge in [0.2, 0.25) is 0 Å². The van der Waals surface area contributed by atoms with E-state index in [9.17, 15) is 33.6 Å². The molecule has 0 aromatic rings.